The van der Waals surface area contributed by atoms with Crippen molar-refractivity contribution in [2.45, 2.75) is 30.0 Å². The number of para-hydroxylation sites is 1. The zero-order chi connectivity index (χ0) is 20.2. The number of carbonyl (C=O) groups is 1. The Morgan fingerprint density at radius 1 is 1.10 bits per heavy atom. The normalized spacial score (nSPS) is 16.1. The number of carbonyl (C=O) groups excluding carboxylic acids is 1. The largest absolute Gasteiger partial charge is 0.366 e. The third-order valence-corrected chi connectivity index (χ3v) is 6.40. The summed E-state index contributed by atoms with van der Waals surface area (Å²) in [5.41, 5.74) is 4.23. The number of hydrogen-bond donors (Lipinski definition) is 1. The molecule has 0 aromatic heterocycles. The molecule has 0 aliphatic carbocycles. The van der Waals surface area contributed by atoms with Crippen LogP contribution >= 0.6 is 11.8 Å². The molecule has 3 aromatic carbocycles. The SMILES string of the molecule is CC(=O)Nc1ccc(CN2CC[C@@H](c3cccc(F)c3)Sc3ccccc32)cc1. The van der Waals surface area contributed by atoms with Crippen molar-refractivity contribution in [2.75, 3.05) is 16.8 Å². The number of halogens is 1. The van der Waals surface area contributed by atoms with E-state index in [1.54, 1.807) is 12.1 Å². The van der Waals surface area contributed by atoms with Gasteiger partial charge in [-0.05, 0) is 53.9 Å². The minimum absolute atomic E-state index is 0.0698. The zero-order valence-electron chi connectivity index (χ0n) is 16.3. The first kappa shape index (κ1) is 19.5. The molecule has 5 heteroatoms. The van der Waals surface area contributed by atoms with Gasteiger partial charge in [0.2, 0.25) is 5.91 Å². The predicted octanol–water partition coefficient (Wildman–Crippen LogP) is 6.03. The molecule has 0 saturated heterocycles. The number of rotatable bonds is 4. The number of amides is 1. The molecule has 1 heterocycles. The molecule has 0 radical (unpaired) electrons. The third-order valence-electron chi connectivity index (χ3n) is 5.00. The Hall–Kier alpha value is -2.79. The van der Waals surface area contributed by atoms with Crippen LogP contribution in [0, 0.1) is 5.82 Å². The van der Waals surface area contributed by atoms with Crippen LogP contribution in [0.5, 0.6) is 0 Å². The van der Waals surface area contributed by atoms with E-state index in [9.17, 15) is 9.18 Å². The molecule has 1 aliphatic rings. The van der Waals surface area contributed by atoms with Crippen LogP contribution in [0.25, 0.3) is 0 Å². The number of hydrogen-bond acceptors (Lipinski definition) is 3. The first-order chi connectivity index (χ1) is 14.1. The lowest BCUT2D eigenvalue weighted by molar-refractivity contribution is -0.114. The van der Waals surface area contributed by atoms with Crippen LogP contribution in [0.15, 0.2) is 77.7 Å². The van der Waals surface area contributed by atoms with E-state index in [0.717, 1.165) is 30.8 Å². The van der Waals surface area contributed by atoms with Crippen LogP contribution in [0.4, 0.5) is 15.8 Å². The summed E-state index contributed by atoms with van der Waals surface area (Å²) in [4.78, 5) is 14.8. The second-order valence-corrected chi connectivity index (χ2v) is 8.46. The van der Waals surface area contributed by atoms with E-state index in [1.165, 1.54) is 29.1 Å². The monoisotopic (exact) mass is 406 g/mol. The second kappa shape index (κ2) is 8.70. The fourth-order valence-corrected chi connectivity index (χ4v) is 4.93. The van der Waals surface area contributed by atoms with E-state index in [2.05, 4.69) is 46.6 Å². The molecule has 0 unspecified atom stereocenters. The van der Waals surface area contributed by atoms with Crippen LogP contribution in [0.3, 0.4) is 0 Å². The van der Waals surface area contributed by atoms with Gasteiger partial charge in [-0.3, -0.25) is 4.79 Å². The van der Waals surface area contributed by atoms with Gasteiger partial charge in [0.1, 0.15) is 5.82 Å². The van der Waals surface area contributed by atoms with Gasteiger partial charge in [0.25, 0.3) is 0 Å². The predicted molar refractivity (Wildman–Crippen MR) is 118 cm³/mol. The fraction of sp³-hybridized carbons (Fsp3) is 0.208. The van der Waals surface area contributed by atoms with Crippen LogP contribution in [-0.2, 0) is 11.3 Å². The summed E-state index contributed by atoms with van der Waals surface area (Å²) < 4.78 is 13.7. The van der Waals surface area contributed by atoms with Gasteiger partial charge in [0.15, 0.2) is 0 Å². The average Bonchev–Trinajstić information content (AvgIpc) is 2.89. The zero-order valence-corrected chi connectivity index (χ0v) is 17.1. The van der Waals surface area contributed by atoms with Crippen molar-refractivity contribution >= 4 is 29.0 Å². The maximum Gasteiger partial charge on any atom is 0.221 e. The van der Waals surface area contributed by atoms with E-state index in [0.29, 0.717) is 0 Å². The molecule has 1 atom stereocenters. The minimum Gasteiger partial charge on any atom is -0.366 e. The van der Waals surface area contributed by atoms with Crippen LogP contribution < -0.4 is 10.2 Å². The summed E-state index contributed by atoms with van der Waals surface area (Å²) in [5, 5.41) is 3.02. The summed E-state index contributed by atoms with van der Waals surface area (Å²) in [7, 11) is 0. The molecule has 3 nitrogen and oxygen atoms in total. The van der Waals surface area contributed by atoms with Gasteiger partial charge < -0.3 is 10.2 Å². The Balaban J connectivity index is 1.56. The van der Waals surface area contributed by atoms with E-state index in [-0.39, 0.29) is 17.0 Å². The minimum atomic E-state index is -0.184. The molecule has 1 N–H and O–H groups in total. The van der Waals surface area contributed by atoms with E-state index < -0.39 is 0 Å². The summed E-state index contributed by atoms with van der Waals surface area (Å²) in [5.74, 6) is -0.253. The summed E-state index contributed by atoms with van der Waals surface area (Å²) in [6, 6.07) is 23.3. The lowest BCUT2D eigenvalue weighted by atomic mass is 10.1. The average molecular weight is 407 g/mol. The highest BCUT2D eigenvalue weighted by atomic mass is 32.2. The van der Waals surface area contributed by atoms with E-state index in [4.69, 9.17) is 0 Å². The lowest BCUT2D eigenvalue weighted by Gasteiger charge is -2.25. The summed E-state index contributed by atoms with van der Waals surface area (Å²) >= 11 is 1.81. The Morgan fingerprint density at radius 3 is 2.66 bits per heavy atom. The molecule has 0 fully saturated rings. The highest BCUT2D eigenvalue weighted by Gasteiger charge is 2.23. The van der Waals surface area contributed by atoms with Crippen molar-refractivity contribution in [2.24, 2.45) is 0 Å². The number of thioether (sulfide) groups is 1. The van der Waals surface area contributed by atoms with Crippen LogP contribution in [0.2, 0.25) is 0 Å². The molecule has 29 heavy (non-hydrogen) atoms. The van der Waals surface area contributed by atoms with Crippen molar-refractivity contribution in [1.82, 2.24) is 0 Å². The summed E-state index contributed by atoms with van der Waals surface area (Å²) in [6.45, 7) is 3.18. The quantitative estimate of drug-likeness (QED) is 0.574. The lowest BCUT2D eigenvalue weighted by Crippen LogP contribution is -2.24. The van der Waals surface area contributed by atoms with Gasteiger partial charge in [-0.1, -0.05) is 36.4 Å². The molecule has 0 spiro atoms. The second-order valence-electron chi connectivity index (χ2n) is 7.22. The third kappa shape index (κ3) is 4.80. The van der Waals surface area contributed by atoms with Crippen molar-refractivity contribution < 1.29 is 9.18 Å². The Bertz CT molecular complexity index is 1010. The smallest absolute Gasteiger partial charge is 0.221 e. The number of nitrogens with zero attached hydrogens (tertiary/aromatic N) is 1. The fourth-order valence-electron chi connectivity index (χ4n) is 3.65. The van der Waals surface area contributed by atoms with Crippen molar-refractivity contribution in [3.05, 3.63) is 89.7 Å². The number of benzene rings is 3. The van der Waals surface area contributed by atoms with E-state index >= 15 is 0 Å². The molecule has 1 aliphatic heterocycles. The standard InChI is InChI=1S/C24H23FN2OS/c1-17(28)26-21-11-9-18(10-12-21)16-27-14-13-23(19-5-4-6-20(25)15-19)29-24-8-3-2-7-22(24)27/h2-12,15,23H,13-14,16H2,1H3,(H,26,28)/t23-/m0/s1. The number of anilines is 2. The highest BCUT2D eigenvalue weighted by Crippen LogP contribution is 2.45. The molecule has 3 aromatic rings. The molecular weight excluding hydrogens is 383 g/mol. The maximum absolute atomic E-state index is 13.7. The van der Waals surface area contributed by atoms with E-state index in [1.807, 2.05) is 30.0 Å². The van der Waals surface area contributed by atoms with Gasteiger partial charge in [-0.2, -0.15) is 0 Å². The topological polar surface area (TPSA) is 32.3 Å². The van der Waals surface area contributed by atoms with Gasteiger partial charge in [-0.25, -0.2) is 4.39 Å². The molecule has 148 valence electrons. The van der Waals surface area contributed by atoms with Crippen LogP contribution in [0.1, 0.15) is 29.7 Å². The van der Waals surface area contributed by atoms with Gasteiger partial charge in [0, 0.05) is 35.8 Å². The maximum atomic E-state index is 13.7. The van der Waals surface area contributed by atoms with Crippen molar-refractivity contribution in [3.8, 4) is 0 Å². The summed E-state index contributed by atoms with van der Waals surface area (Å²) in [6.07, 6.45) is 0.937. The van der Waals surface area contributed by atoms with Crippen LogP contribution in [-0.4, -0.2) is 12.5 Å². The molecule has 0 bridgehead atoms. The van der Waals surface area contributed by atoms with Gasteiger partial charge in [-0.15, -0.1) is 11.8 Å². The molecule has 1 amide bonds. The van der Waals surface area contributed by atoms with Crippen molar-refractivity contribution in [1.29, 1.82) is 0 Å². The number of nitrogens with one attached hydrogen (secondary N) is 1. The van der Waals surface area contributed by atoms with Gasteiger partial charge >= 0.3 is 0 Å². The highest BCUT2D eigenvalue weighted by molar-refractivity contribution is 7.99. The molecule has 4 rings (SSSR count). The Kier molecular flexibility index (Phi) is 5.86. The van der Waals surface area contributed by atoms with Gasteiger partial charge in [0.05, 0.1) is 5.69 Å². The Morgan fingerprint density at radius 2 is 1.90 bits per heavy atom. The first-order valence-corrected chi connectivity index (χ1v) is 10.6. The van der Waals surface area contributed by atoms with Crippen molar-refractivity contribution in [3.63, 3.8) is 0 Å². The Labute approximate surface area is 174 Å². The molecule has 0 saturated carbocycles. The number of fused-ring (bicyclic) bond motifs is 1. The first-order valence-electron chi connectivity index (χ1n) is 9.71. The molecular formula is C24H23FN2OS.